The van der Waals surface area contributed by atoms with Gasteiger partial charge in [-0.15, -0.1) is 0 Å². The van der Waals surface area contributed by atoms with Crippen molar-refractivity contribution in [2.24, 2.45) is 5.92 Å². The number of carbonyl (C=O) groups excluding carboxylic acids is 2. The number of anilines is 2. The minimum Gasteiger partial charge on any atom is -0.453 e. The van der Waals surface area contributed by atoms with Crippen LogP contribution >= 0.6 is 0 Å². The standard InChI is InChI=1S/C21H26N4O3/c1-28-21(27)23-13-16-7-9-18(10-8-16)24-20(26)22-14-17-11-12-25(15-17)19-5-3-2-4-6-19/h2-10,17H,11-15H2,1H3,(H,23,27)(H2,22,24,26). The summed E-state index contributed by atoms with van der Waals surface area (Å²) >= 11 is 0. The fraction of sp³-hybridized carbons (Fsp3) is 0.333. The monoisotopic (exact) mass is 382 g/mol. The van der Waals surface area contributed by atoms with Crippen molar-refractivity contribution in [1.82, 2.24) is 10.6 Å². The molecule has 1 heterocycles. The van der Waals surface area contributed by atoms with Crippen LogP contribution in [-0.2, 0) is 11.3 Å². The molecule has 7 heteroatoms. The van der Waals surface area contributed by atoms with E-state index in [0.717, 1.165) is 25.1 Å². The second-order valence-electron chi connectivity index (χ2n) is 6.81. The van der Waals surface area contributed by atoms with E-state index >= 15 is 0 Å². The highest BCUT2D eigenvalue weighted by atomic mass is 16.5. The molecule has 2 aromatic rings. The summed E-state index contributed by atoms with van der Waals surface area (Å²) in [5.74, 6) is 0.442. The molecule has 1 unspecified atom stereocenters. The number of carbonyl (C=O) groups is 2. The summed E-state index contributed by atoms with van der Waals surface area (Å²) in [7, 11) is 1.33. The number of nitrogens with zero attached hydrogens (tertiary/aromatic N) is 1. The van der Waals surface area contributed by atoms with Gasteiger partial charge in [0.1, 0.15) is 0 Å². The molecule has 1 atom stereocenters. The summed E-state index contributed by atoms with van der Waals surface area (Å²) < 4.78 is 4.53. The zero-order chi connectivity index (χ0) is 19.8. The Morgan fingerprint density at radius 1 is 1.07 bits per heavy atom. The number of methoxy groups -OCH3 is 1. The highest BCUT2D eigenvalue weighted by Crippen LogP contribution is 2.23. The molecule has 0 radical (unpaired) electrons. The number of benzene rings is 2. The highest BCUT2D eigenvalue weighted by molar-refractivity contribution is 5.89. The Morgan fingerprint density at radius 2 is 1.82 bits per heavy atom. The van der Waals surface area contributed by atoms with Crippen molar-refractivity contribution in [3.05, 3.63) is 60.2 Å². The minimum absolute atomic E-state index is 0.210. The zero-order valence-electron chi connectivity index (χ0n) is 16.0. The molecular formula is C21H26N4O3. The number of hydrogen-bond donors (Lipinski definition) is 3. The molecule has 0 saturated carbocycles. The minimum atomic E-state index is -0.473. The number of alkyl carbamates (subject to hydrolysis) is 1. The summed E-state index contributed by atoms with van der Waals surface area (Å²) in [5, 5.41) is 8.40. The van der Waals surface area contributed by atoms with E-state index in [-0.39, 0.29) is 6.03 Å². The van der Waals surface area contributed by atoms with Crippen LogP contribution in [0.4, 0.5) is 21.0 Å². The van der Waals surface area contributed by atoms with E-state index in [1.54, 1.807) is 12.1 Å². The molecule has 3 amide bonds. The fourth-order valence-corrected chi connectivity index (χ4v) is 3.24. The van der Waals surface area contributed by atoms with Gasteiger partial charge in [-0.2, -0.15) is 0 Å². The summed E-state index contributed by atoms with van der Waals surface area (Å²) in [6.07, 6.45) is 0.594. The zero-order valence-corrected chi connectivity index (χ0v) is 16.0. The summed E-state index contributed by atoms with van der Waals surface area (Å²) in [6.45, 7) is 2.99. The largest absolute Gasteiger partial charge is 0.453 e. The topological polar surface area (TPSA) is 82.7 Å². The van der Waals surface area contributed by atoms with Gasteiger partial charge < -0.3 is 25.6 Å². The number of ether oxygens (including phenoxy) is 1. The molecule has 1 aliphatic rings. The molecule has 0 aromatic heterocycles. The maximum atomic E-state index is 12.2. The number of amides is 3. The molecule has 3 N–H and O–H groups in total. The van der Waals surface area contributed by atoms with E-state index in [4.69, 9.17) is 0 Å². The third-order valence-electron chi connectivity index (χ3n) is 4.79. The first-order valence-electron chi connectivity index (χ1n) is 9.39. The van der Waals surface area contributed by atoms with Crippen LogP contribution in [0.2, 0.25) is 0 Å². The molecular weight excluding hydrogens is 356 g/mol. The van der Waals surface area contributed by atoms with Gasteiger partial charge in [-0.3, -0.25) is 0 Å². The van der Waals surface area contributed by atoms with Gasteiger partial charge in [0.15, 0.2) is 0 Å². The van der Waals surface area contributed by atoms with E-state index in [0.29, 0.717) is 24.7 Å². The van der Waals surface area contributed by atoms with E-state index in [9.17, 15) is 9.59 Å². The SMILES string of the molecule is COC(=O)NCc1ccc(NC(=O)NCC2CCN(c3ccccc3)C2)cc1. The summed E-state index contributed by atoms with van der Waals surface area (Å²) in [6, 6.07) is 17.4. The Hall–Kier alpha value is -3.22. The van der Waals surface area contributed by atoms with Crippen molar-refractivity contribution in [3.8, 4) is 0 Å². The van der Waals surface area contributed by atoms with Gasteiger partial charge in [-0.25, -0.2) is 9.59 Å². The average Bonchev–Trinajstić information content (AvgIpc) is 3.21. The van der Waals surface area contributed by atoms with Crippen molar-refractivity contribution in [1.29, 1.82) is 0 Å². The molecule has 1 aliphatic heterocycles. The van der Waals surface area contributed by atoms with Gasteiger partial charge in [0.05, 0.1) is 7.11 Å². The molecule has 0 bridgehead atoms. The van der Waals surface area contributed by atoms with Crippen LogP contribution in [0, 0.1) is 5.92 Å². The van der Waals surface area contributed by atoms with E-state index in [1.807, 2.05) is 30.3 Å². The number of hydrogen-bond acceptors (Lipinski definition) is 4. The molecule has 0 aliphatic carbocycles. The Labute approximate surface area is 165 Å². The van der Waals surface area contributed by atoms with Crippen LogP contribution in [0.25, 0.3) is 0 Å². The van der Waals surface area contributed by atoms with Crippen LogP contribution in [0.15, 0.2) is 54.6 Å². The smallest absolute Gasteiger partial charge is 0.407 e. The van der Waals surface area contributed by atoms with E-state index in [1.165, 1.54) is 12.8 Å². The van der Waals surface area contributed by atoms with Crippen LogP contribution < -0.4 is 20.9 Å². The highest BCUT2D eigenvalue weighted by Gasteiger charge is 2.22. The lowest BCUT2D eigenvalue weighted by Crippen LogP contribution is -2.34. The first-order valence-corrected chi connectivity index (χ1v) is 9.39. The predicted molar refractivity (Wildman–Crippen MR) is 109 cm³/mol. The molecule has 148 valence electrons. The van der Waals surface area contributed by atoms with Gasteiger partial charge >= 0.3 is 12.1 Å². The molecule has 7 nitrogen and oxygen atoms in total. The Balaban J connectivity index is 1.39. The maximum Gasteiger partial charge on any atom is 0.407 e. The Kier molecular flexibility index (Phi) is 6.73. The van der Waals surface area contributed by atoms with E-state index in [2.05, 4.69) is 37.7 Å². The predicted octanol–water partition coefficient (Wildman–Crippen LogP) is 3.19. The number of para-hydroxylation sites is 1. The fourth-order valence-electron chi connectivity index (χ4n) is 3.24. The first kappa shape index (κ1) is 19.5. The van der Waals surface area contributed by atoms with Crippen molar-refractivity contribution in [2.75, 3.05) is 37.0 Å². The van der Waals surface area contributed by atoms with Gasteiger partial charge in [0, 0.05) is 37.6 Å². The number of urea groups is 1. The lowest BCUT2D eigenvalue weighted by Gasteiger charge is -2.18. The van der Waals surface area contributed by atoms with Gasteiger partial charge in [-0.1, -0.05) is 30.3 Å². The Bertz CT molecular complexity index is 780. The van der Waals surface area contributed by atoms with Gasteiger partial charge in [0.2, 0.25) is 0 Å². The Morgan fingerprint density at radius 3 is 2.54 bits per heavy atom. The third kappa shape index (κ3) is 5.64. The third-order valence-corrected chi connectivity index (χ3v) is 4.79. The van der Waals surface area contributed by atoms with Crippen molar-refractivity contribution in [2.45, 2.75) is 13.0 Å². The first-order chi connectivity index (χ1) is 13.6. The lowest BCUT2D eigenvalue weighted by atomic mass is 10.1. The van der Waals surface area contributed by atoms with Crippen LogP contribution in [0.5, 0.6) is 0 Å². The molecule has 2 aromatic carbocycles. The van der Waals surface area contributed by atoms with Crippen LogP contribution in [-0.4, -0.2) is 38.9 Å². The van der Waals surface area contributed by atoms with Crippen molar-refractivity contribution >= 4 is 23.5 Å². The quantitative estimate of drug-likeness (QED) is 0.717. The van der Waals surface area contributed by atoms with Crippen molar-refractivity contribution in [3.63, 3.8) is 0 Å². The average molecular weight is 382 g/mol. The lowest BCUT2D eigenvalue weighted by molar-refractivity contribution is 0.170. The van der Waals surface area contributed by atoms with Gasteiger partial charge in [-0.05, 0) is 42.2 Å². The van der Waals surface area contributed by atoms with Crippen molar-refractivity contribution < 1.29 is 14.3 Å². The van der Waals surface area contributed by atoms with Crippen LogP contribution in [0.1, 0.15) is 12.0 Å². The number of nitrogens with one attached hydrogen (secondary N) is 3. The normalized spacial score (nSPS) is 15.8. The molecule has 1 saturated heterocycles. The van der Waals surface area contributed by atoms with Gasteiger partial charge in [0.25, 0.3) is 0 Å². The second kappa shape index (κ2) is 9.64. The maximum absolute atomic E-state index is 12.2. The summed E-state index contributed by atoms with van der Waals surface area (Å²) in [5.41, 5.74) is 2.86. The number of rotatable bonds is 6. The van der Waals surface area contributed by atoms with Crippen LogP contribution in [0.3, 0.4) is 0 Å². The molecule has 28 heavy (non-hydrogen) atoms. The second-order valence-corrected chi connectivity index (χ2v) is 6.81. The summed E-state index contributed by atoms with van der Waals surface area (Å²) in [4.78, 5) is 25.6. The molecule has 1 fully saturated rings. The molecule has 0 spiro atoms. The van der Waals surface area contributed by atoms with E-state index < -0.39 is 6.09 Å². The molecule has 3 rings (SSSR count).